The topological polar surface area (TPSA) is 75.7 Å². The first-order valence-electron chi connectivity index (χ1n) is 10.3. The molecule has 3 aromatic rings. The Hall–Kier alpha value is -3.71. The summed E-state index contributed by atoms with van der Waals surface area (Å²) in [6.07, 6.45) is 1.46. The van der Waals surface area contributed by atoms with Crippen LogP contribution in [0.1, 0.15) is 22.3 Å². The molecule has 1 N–H and O–H groups in total. The molecule has 4 rings (SSSR count). The van der Waals surface area contributed by atoms with Crippen molar-refractivity contribution in [3.63, 3.8) is 0 Å². The van der Waals surface area contributed by atoms with E-state index in [1.165, 1.54) is 17.2 Å². The lowest BCUT2D eigenvalue weighted by Gasteiger charge is -2.26. The first-order valence-corrected chi connectivity index (χ1v) is 11.1. The Kier molecular flexibility index (Phi) is 6.42. The molecule has 0 aliphatic carbocycles. The highest BCUT2D eigenvalue weighted by Gasteiger charge is 2.36. The number of carbonyl (C=O) groups excluding carboxylic acids is 3. The van der Waals surface area contributed by atoms with Gasteiger partial charge in [-0.3, -0.25) is 14.9 Å². The van der Waals surface area contributed by atoms with Crippen molar-refractivity contribution in [2.24, 2.45) is 0 Å². The maximum Gasteiger partial charge on any atom is 0.335 e. The van der Waals surface area contributed by atoms with Crippen LogP contribution in [0, 0.1) is 13.8 Å². The van der Waals surface area contributed by atoms with Crippen LogP contribution in [0.3, 0.4) is 0 Å². The number of rotatable bonds is 5. The molecule has 1 fully saturated rings. The third kappa shape index (κ3) is 5.04. The van der Waals surface area contributed by atoms with E-state index in [4.69, 9.17) is 4.74 Å². The molecule has 4 amide bonds. The van der Waals surface area contributed by atoms with Gasteiger partial charge in [-0.25, -0.2) is 9.69 Å². The summed E-state index contributed by atoms with van der Waals surface area (Å²) >= 11 is 3.32. The van der Waals surface area contributed by atoms with E-state index < -0.39 is 17.8 Å². The van der Waals surface area contributed by atoms with Gasteiger partial charge in [-0.2, -0.15) is 0 Å². The van der Waals surface area contributed by atoms with E-state index >= 15 is 0 Å². The van der Waals surface area contributed by atoms with Crippen molar-refractivity contribution < 1.29 is 19.1 Å². The Morgan fingerprint density at radius 3 is 2.27 bits per heavy atom. The van der Waals surface area contributed by atoms with Gasteiger partial charge in [0.05, 0.1) is 5.69 Å². The average molecular weight is 505 g/mol. The SMILES string of the molecule is Cc1ccc(COc2ccc(/C=C3\C(=O)NC(=O)N(c4ccc(Br)cc4)C3=O)cc2)cc1C. The van der Waals surface area contributed by atoms with Crippen molar-refractivity contribution >= 4 is 45.5 Å². The second-order valence-corrected chi connectivity index (χ2v) is 8.63. The van der Waals surface area contributed by atoms with Crippen LogP contribution in [-0.4, -0.2) is 17.8 Å². The molecule has 0 aromatic heterocycles. The molecule has 0 spiro atoms. The molecule has 33 heavy (non-hydrogen) atoms. The predicted octanol–water partition coefficient (Wildman–Crippen LogP) is 5.31. The molecule has 6 nitrogen and oxygen atoms in total. The zero-order valence-corrected chi connectivity index (χ0v) is 19.7. The first kappa shape index (κ1) is 22.5. The fourth-order valence-corrected chi connectivity index (χ4v) is 3.63. The highest BCUT2D eigenvalue weighted by Crippen LogP contribution is 2.24. The molecular formula is C26H21BrN2O4. The number of hydrogen-bond acceptors (Lipinski definition) is 4. The van der Waals surface area contributed by atoms with Crippen molar-refractivity contribution in [1.82, 2.24) is 5.32 Å². The number of barbiturate groups is 1. The minimum Gasteiger partial charge on any atom is -0.489 e. The van der Waals surface area contributed by atoms with E-state index in [0.29, 0.717) is 23.6 Å². The fourth-order valence-electron chi connectivity index (χ4n) is 3.37. The van der Waals surface area contributed by atoms with Gasteiger partial charge in [0.1, 0.15) is 17.9 Å². The van der Waals surface area contributed by atoms with Gasteiger partial charge in [-0.15, -0.1) is 0 Å². The summed E-state index contributed by atoms with van der Waals surface area (Å²) in [5, 5.41) is 2.22. The van der Waals surface area contributed by atoms with Gasteiger partial charge in [0, 0.05) is 4.47 Å². The average Bonchev–Trinajstić information content (AvgIpc) is 2.79. The molecule has 7 heteroatoms. The summed E-state index contributed by atoms with van der Waals surface area (Å²) in [6, 6.07) is 19.1. The molecule has 0 unspecified atom stereocenters. The number of halogens is 1. The second kappa shape index (κ2) is 9.42. The summed E-state index contributed by atoms with van der Waals surface area (Å²) in [7, 11) is 0. The minimum atomic E-state index is -0.778. The molecule has 0 atom stereocenters. The number of anilines is 1. The number of carbonyl (C=O) groups is 3. The number of benzene rings is 3. The maximum absolute atomic E-state index is 13.0. The summed E-state index contributed by atoms with van der Waals surface area (Å²) in [5.41, 5.74) is 4.40. The molecular weight excluding hydrogens is 484 g/mol. The minimum absolute atomic E-state index is 0.124. The Labute approximate surface area is 200 Å². The first-order chi connectivity index (χ1) is 15.8. The van der Waals surface area contributed by atoms with Crippen LogP contribution in [0.4, 0.5) is 10.5 Å². The van der Waals surface area contributed by atoms with E-state index in [-0.39, 0.29) is 5.57 Å². The van der Waals surface area contributed by atoms with E-state index in [1.807, 2.05) is 6.07 Å². The summed E-state index contributed by atoms with van der Waals surface area (Å²) < 4.78 is 6.66. The van der Waals surface area contributed by atoms with Gasteiger partial charge >= 0.3 is 6.03 Å². The predicted molar refractivity (Wildman–Crippen MR) is 130 cm³/mol. The van der Waals surface area contributed by atoms with Crippen molar-refractivity contribution in [2.75, 3.05) is 4.90 Å². The Morgan fingerprint density at radius 1 is 0.909 bits per heavy atom. The number of nitrogens with zero attached hydrogens (tertiary/aromatic N) is 1. The maximum atomic E-state index is 13.0. The van der Waals surface area contributed by atoms with E-state index in [0.717, 1.165) is 14.9 Å². The van der Waals surface area contributed by atoms with Gasteiger partial charge in [0.2, 0.25) is 0 Å². The zero-order chi connectivity index (χ0) is 23.5. The van der Waals surface area contributed by atoms with Crippen LogP contribution >= 0.6 is 15.9 Å². The van der Waals surface area contributed by atoms with Gasteiger partial charge < -0.3 is 4.74 Å². The Morgan fingerprint density at radius 2 is 1.61 bits per heavy atom. The summed E-state index contributed by atoms with van der Waals surface area (Å²) in [4.78, 5) is 38.5. The molecule has 1 saturated heterocycles. The number of imide groups is 2. The highest BCUT2D eigenvalue weighted by molar-refractivity contribution is 9.10. The lowest BCUT2D eigenvalue weighted by Crippen LogP contribution is -2.54. The van der Waals surface area contributed by atoms with Crippen molar-refractivity contribution in [3.8, 4) is 5.75 Å². The van der Waals surface area contributed by atoms with E-state index in [2.05, 4.69) is 47.2 Å². The third-order valence-electron chi connectivity index (χ3n) is 5.35. The van der Waals surface area contributed by atoms with E-state index in [9.17, 15) is 14.4 Å². The van der Waals surface area contributed by atoms with Gasteiger partial charge in [0.15, 0.2) is 0 Å². The van der Waals surface area contributed by atoms with Gasteiger partial charge in [0.25, 0.3) is 11.8 Å². The lowest BCUT2D eigenvalue weighted by atomic mass is 10.1. The molecule has 0 radical (unpaired) electrons. The Balaban J connectivity index is 1.50. The number of ether oxygens (including phenoxy) is 1. The highest BCUT2D eigenvalue weighted by atomic mass is 79.9. The molecule has 1 aliphatic rings. The quantitative estimate of drug-likeness (QED) is 0.377. The van der Waals surface area contributed by atoms with Crippen LogP contribution in [-0.2, 0) is 16.2 Å². The summed E-state index contributed by atoms with van der Waals surface area (Å²) in [6.45, 7) is 4.57. The zero-order valence-electron chi connectivity index (χ0n) is 18.1. The summed E-state index contributed by atoms with van der Waals surface area (Å²) in [5.74, 6) is -0.740. The smallest absolute Gasteiger partial charge is 0.335 e. The number of urea groups is 1. The molecule has 0 bridgehead atoms. The lowest BCUT2D eigenvalue weighted by molar-refractivity contribution is -0.122. The van der Waals surface area contributed by atoms with Crippen LogP contribution in [0.15, 0.2) is 76.8 Å². The largest absolute Gasteiger partial charge is 0.489 e. The van der Waals surface area contributed by atoms with Crippen LogP contribution in [0.2, 0.25) is 0 Å². The Bertz CT molecular complexity index is 1260. The third-order valence-corrected chi connectivity index (χ3v) is 5.88. The van der Waals surface area contributed by atoms with Crippen LogP contribution < -0.4 is 15.0 Å². The van der Waals surface area contributed by atoms with Crippen molar-refractivity contribution in [1.29, 1.82) is 0 Å². The van der Waals surface area contributed by atoms with Crippen molar-refractivity contribution in [3.05, 3.63) is 99.0 Å². The number of hydrogen-bond donors (Lipinski definition) is 1. The normalized spacial score (nSPS) is 15.1. The van der Waals surface area contributed by atoms with Crippen LogP contribution in [0.5, 0.6) is 5.75 Å². The molecule has 1 aliphatic heterocycles. The number of nitrogens with one attached hydrogen (secondary N) is 1. The molecule has 0 saturated carbocycles. The van der Waals surface area contributed by atoms with Gasteiger partial charge in [-0.1, -0.05) is 46.3 Å². The second-order valence-electron chi connectivity index (χ2n) is 7.71. The standard InChI is InChI=1S/C26H21BrN2O4/c1-16-3-4-19(13-17(16)2)15-33-22-11-5-18(6-12-22)14-23-24(30)28-26(32)29(25(23)31)21-9-7-20(27)8-10-21/h3-14H,15H2,1-2H3,(H,28,30,32)/b23-14+. The molecule has 1 heterocycles. The number of amides is 4. The van der Waals surface area contributed by atoms with Crippen LogP contribution in [0.25, 0.3) is 6.08 Å². The fraction of sp³-hybridized carbons (Fsp3) is 0.115. The molecule has 3 aromatic carbocycles. The van der Waals surface area contributed by atoms with Crippen molar-refractivity contribution in [2.45, 2.75) is 20.5 Å². The van der Waals surface area contributed by atoms with E-state index in [1.54, 1.807) is 48.5 Å². The monoisotopic (exact) mass is 504 g/mol. The number of aryl methyl sites for hydroxylation is 2. The molecule has 166 valence electrons. The van der Waals surface area contributed by atoms with Gasteiger partial charge in [-0.05, 0) is 78.6 Å².